The van der Waals surface area contributed by atoms with Crippen LogP contribution in [0, 0.1) is 0 Å². The van der Waals surface area contributed by atoms with E-state index < -0.39 is 0 Å². The molecule has 2 aromatic carbocycles. The zero-order valence-corrected chi connectivity index (χ0v) is 15.8. The number of halogens is 1. The summed E-state index contributed by atoms with van der Waals surface area (Å²) in [5.74, 6) is 0. The first-order chi connectivity index (χ1) is 13.3. The van der Waals surface area contributed by atoms with Gasteiger partial charge in [0.15, 0.2) is 0 Å². The Morgan fingerprint density at radius 3 is 2.63 bits per heavy atom. The van der Waals surface area contributed by atoms with Gasteiger partial charge in [-0.3, -0.25) is 4.99 Å². The molecule has 0 heterocycles. The van der Waals surface area contributed by atoms with Crippen LogP contribution in [0.4, 0.5) is 0 Å². The predicted octanol–water partition coefficient (Wildman–Crippen LogP) is 5.75. The third-order valence-corrected chi connectivity index (χ3v) is 5.33. The first-order valence-corrected chi connectivity index (χ1v) is 9.54. The second-order valence-electron chi connectivity index (χ2n) is 6.57. The molecule has 2 aromatic rings. The largest absolute Gasteiger partial charge is 0.312 e. The molecule has 0 spiro atoms. The summed E-state index contributed by atoms with van der Waals surface area (Å²) in [6.45, 7) is 0.243. The van der Waals surface area contributed by atoms with Crippen molar-refractivity contribution >= 4 is 28.4 Å². The molecule has 27 heavy (non-hydrogen) atoms. The molecule has 0 radical (unpaired) electrons. The van der Waals surface area contributed by atoms with E-state index in [1.807, 2.05) is 24.3 Å². The zero-order valence-electron chi connectivity index (χ0n) is 15.0. The lowest BCUT2D eigenvalue weighted by atomic mass is 9.89. The van der Waals surface area contributed by atoms with Crippen LogP contribution in [0.2, 0.25) is 0 Å². The van der Waals surface area contributed by atoms with Gasteiger partial charge in [-0.1, -0.05) is 84.4 Å². The van der Waals surface area contributed by atoms with E-state index in [0.717, 1.165) is 29.7 Å². The number of aryl methyl sites for hydroxylation is 1. The van der Waals surface area contributed by atoms with E-state index in [1.165, 1.54) is 22.3 Å². The van der Waals surface area contributed by atoms with Crippen LogP contribution in [0.5, 0.6) is 0 Å². The predicted molar refractivity (Wildman–Crippen MR) is 117 cm³/mol. The van der Waals surface area contributed by atoms with Gasteiger partial charge < -0.3 is 5.73 Å². The Kier molecular flexibility index (Phi) is 5.19. The van der Waals surface area contributed by atoms with E-state index >= 15 is 0 Å². The number of hydrogen-bond acceptors (Lipinski definition) is 2. The van der Waals surface area contributed by atoms with Crippen molar-refractivity contribution in [3.63, 3.8) is 0 Å². The Morgan fingerprint density at radius 1 is 1.00 bits per heavy atom. The summed E-state index contributed by atoms with van der Waals surface area (Å²) in [5, 5.41) is 0.685. The topological polar surface area (TPSA) is 38.4 Å². The number of allylic oxidation sites excluding steroid dienone is 6. The summed E-state index contributed by atoms with van der Waals surface area (Å²) in [6.07, 6.45) is 14.5. The number of aliphatic imine (C=N–C) groups is 1. The average molecular weight is 373 g/mol. The lowest BCUT2D eigenvalue weighted by Crippen LogP contribution is -2.06. The van der Waals surface area contributed by atoms with Crippen molar-refractivity contribution in [3.8, 4) is 11.1 Å². The number of nitrogens with two attached hydrogens (primary N) is 1. The molecule has 0 fully saturated rings. The normalized spacial score (nSPS) is 18.7. The minimum atomic E-state index is 0.243. The van der Waals surface area contributed by atoms with E-state index in [0.29, 0.717) is 5.03 Å². The molecule has 0 saturated heterocycles. The molecule has 0 saturated carbocycles. The maximum atomic E-state index is 6.69. The van der Waals surface area contributed by atoms with E-state index in [4.69, 9.17) is 17.3 Å². The maximum absolute atomic E-state index is 6.69. The summed E-state index contributed by atoms with van der Waals surface area (Å²) >= 11 is 6.69. The summed E-state index contributed by atoms with van der Waals surface area (Å²) in [6, 6.07) is 15.0. The Labute approximate surface area is 165 Å². The van der Waals surface area contributed by atoms with E-state index in [-0.39, 0.29) is 6.67 Å². The number of fused-ring (bicyclic) bond motifs is 1. The van der Waals surface area contributed by atoms with Crippen molar-refractivity contribution in [2.75, 3.05) is 6.67 Å². The van der Waals surface area contributed by atoms with Crippen LogP contribution in [-0.2, 0) is 6.42 Å². The van der Waals surface area contributed by atoms with Gasteiger partial charge in [-0.15, -0.1) is 0 Å². The molecule has 2 N–H and O–H groups in total. The van der Waals surface area contributed by atoms with Gasteiger partial charge in [-0.05, 0) is 46.7 Å². The molecule has 0 atom stereocenters. The monoisotopic (exact) mass is 372 g/mol. The van der Waals surface area contributed by atoms with Crippen molar-refractivity contribution in [1.82, 2.24) is 0 Å². The standard InChI is InChI=1S/C24H21ClN2/c25-24(22-9-3-4-11-23(22)27-16-26)19-14-12-18(13-15-19)21-10-5-7-17-6-1-2-8-20(17)21/h2-5,7-15H,1,6,16,26H2/b24-22-,27-23-. The fourth-order valence-corrected chi connectivity index (χ4v) is 3.85. The fourth-order valence-electron chi connectivity index (χ4n) is 3.57. The number of hydrogen-bond donors (Lipinski definition) is 1. The Hall–Kier alpha value is -2.68. The van der Waals surface area contributed by atoms with Crippen molar-refractivity contribution in [3.05, 3.63) is 95.1 Å². The van der Waals surface area contributed by atoms with Crippen LogP contribution in [-0.4, -0.2) is 12.4 Å². The number of benzene rings is 2. The smallest absolute Gasteiger partial charge is 0.0866 e. The molecule has 0 unspecified atom stereocenters. The molecule has 0 aliphatic heterocycles. The third-order valence-electron chi connectivity index (χ3n) is 4.91. The molecule has 2 aliphatic rings. The average Bonchev–Trinajstić information content (AvgIpc) is 2.74. The summed E-state index contributed by atoms with van der Waals surface area (Å²) in [7, 11) is 0. The van der Waals surface area contributed by atoms with Crippen molar-refractivity contribution in [1.29, 1.82) is 0 Å². The van der Waals surface area contributed by atoms with Crippen LogP contribution in [0.3, 0.4) is 0 Å². The van der Waals surface area contributed by atoms with Crippen molar-refractivity contribution in [2.24, 2.45) is 10.7 Å². The minimum Gasteiger partial charge on any atom is -0.312 e. The van der Waals surface area contributed by atoms with Gasteiger partial charge in [0.05, 0.1) is 17.4 Å². The molecular formula is C24H21ClN2. The summed E-state index contributed by atoms with van der Waals surface area (Å²) in [4.78, 5) is 4.33. The van der Waals surface area contributed by atoms with Gasteiger partial charge in [0, 0.05) is 5.57 Å². The molecule has 0 bridgehead atoms. The summed E-state index contributed by atoms with van der Waals surface area (Å²) < 4.78 is 0. The molecule has 4 rings (SSSR count). The van der Waals surface area contributed by atoms with Gasteiger partial charge >= 0.3 is 0 Å². The van der Waals surface area contributed by atoms with Crippen molar-refractivity contribution in [2.45, 2.75) is 12.8 Å². The fraction of sp³-hybridized carbons (Fsp3) is 0.125. The van der Waals surface area contributed by atoms with Crippen LogP contribution in [0.25, 0.3) is 22.2 Å². The van der Waals surface area contributed by atoms with Crippen LogP contribution in [0.1, 0.15) is 23.1 Å². The highest BCUT2D eigenvalue weighted by atomic mass is 35.5. The number of rotatable bonds is 3. The van der Waals surface area contributed by atoms with E-state index in [9.17, 15) is 0 Å². The van der Waals surface area contributed by atoms with Gasteiger partial charge in [-0.25, -0.2) is 0 Å². The van der Waals surface area contributed by atoms with Gasteiger partial charge in [0.25, 0.3) is 0 Å². The highest BCUT2D eigenvalue weighted by Gasteiger charge is 2.13. The zero-order chi connectivity index (χ0) is 18.6. The van der Waals surface area contributed by atoms with Gasteiger partial charge in [0.2, 0.25) is 0 Å². The van der Waals surface area contributed by atoms with Crippen LogP contribution in [0.15, 0.2) is 83.4 Å². The van der Waals surface area contributed by atoms with Crippen LogP contribution < -0.4 is 5.73 Å². The highest BCUT2D eigenvalue weighted by molar-refractivity contribution is 6.52. The molecule has 134 valence electrons. The molecule has 2 aliphatic carbocycles. The molecule has 2 nitrogen and oxygen atoms in total. The molecule has 3 heteroatoms. The molecule has 0 amide bonds. The quantitative estimate of drug-likeness (QED) is 0.732. The lowest BCUT2D eigenvalue weighted by molar-refractivity contribution is 0.986. The second-order valence-corrected chi connectivity index (χ2v) is 6.95. The van der Waals surface area contributed by atoms with Crippen LogP contribution >= 0.6 is 11.6 Å². The minimum absolute atomic E-state index is 0.243. The Balaban J connectivity index is 1.71. The summed E-state index contributed by atoms with van der Waals surface area (Å²) in [5.41, 5.74) is 13.5. The van der Waals surface area contributed by atoms with Gasteiger partial charge in [-0.2, -0.15) is 0 Å². The highest BCUT2D eigenvalue weighted by Crippen LogP contribution is 2.33. The molecule has 0 aromatic heterocycles. The number of nitrogens with zero attached hydrogens (tertiary/aromatic N) is 1. The molecular weight excluding hydrogens is 352 g/mol. The van der Waals surface area contributed by atoms with Gasteiger partial charge in [0.1, 0.15) is 0 Å². The van der Waals surface area contributed by atoms with E-state index in [2.05, 4.69) is 59.6 Å². The maximum Gasteiger partial charge on any atom is 0.0866 e. The first-order valence-electron chi connectivity index (χ1n) is 9.16. The Morgan fingerprint density at radius 2 is 1.81 bits per heavy atom. The SMILES string of the molecule is NC/N=C1/C=CC=C/C1=C(/Cl)c1ccc(-c2cccc3c2C=CCC3)cc1. The first kappa shape index (κ1) is 17.7. The lowest BCUT2D eigenvalue weighted by Gasteiger charge is -2.15. The van der Waals surface area contributed by atoms with E-state index in [1.54, 1.807) is 0 Å². The third kappa shape index (κ3) is 3.59. The van der Waals surface area contributed by atoms with Crippen molar-refractivity contribution < 1.29 is 0 Å². The Bertz CT molecular complexity index is 1010. The second kappa shape index (κ2) is 7.91.